The van der Waals surface area contributed by atoms with Gasteiger partial charge in [0.05, 0.1) is 5.54 Å². The molecule has 2 atom stereocenters. The first-order valence-electron chi connectivity index (χ1n) is 12.4. The molecule has 9 rings (SSSR count). The summed E-state index contributed by atoms with van der Waals surface area (Å²) in [6.45, 7) is 4.71. The van der Waals surface area contributed by atoms with E-state index in [0.717, 1.165) is 56.8 Å². The van der Waals surface area contributed by atoms with Gasteiger partial charge in [0.1, 0.15) is 0 Å². The molecule has 1 saturated heterocycles. The summed E-state index contributed by atoms with van der Waals surface area (Å²) in [5.41, 5.74) is -0.0188. The molecule has 0 spiro atoms. The zero-order chi connectivity index (χ0) is 20.6. The Labute approximate surface area is 178 Å². The van der Waals surface area contributed by atoms with Crippen molar-refractivity contribution in [3.05, 3.63) is 0 Å². The zero-order valence-corrected chi connectivity index (χ0v) is 18.4. The predicted molar refractivity (Wildman–Crippen MR) is 110 cm³/mol. The first-order valence-corrected chi connectivity index (χ1v) is 12.4. The van der Waals surface area contributed by atoms with Crippen LogP contribution in [0.1, 0.15) is 84.5 Å². The van der Waals surface area contributed by atoms with Gasteiger partial charge in [-0.15, -0.1) is 0 Å². The fourth-order valence-corrected chi connectivity index (χ4v) is 11.1. The number of rotatable bonds is 2. The standard InChI is InChI=1S/C25H34N2O3/c1-23-8-16-9-24(2,11-23)13-25(10-16,12-23)27-21(29)20(28)26(22(27)30)19-17-4-14-3-15(6-17)7-18(19)5-14/h14-19H,3-13H2,1-2H3. The molecule has 1 aliphatic heterocycles. The Balaban J connectivity index is 1.25. The molecule has 9 fully saturated rings. The van der Waals surface area contributed by atoms with Crippen molar-refractivity contribution in [3.8, 4) is 0 Å². The van der Waals surface area contributed by atoms with Crippen LogP contribution in [-0.2, 0) is 9.59 Å². The second-order valence-electron chi connectivity index (χ2n) is 13.4. The van der Waals surface area contributed by atoms with Crippen LogP contribution in [0.3, 0.4) is 0 Å². The van der Waals surface area contributed by atoms with Crippen molar-refractivity contribution in [2.45, 2.75) is 96.1 Å². The largest absolute Gasteiger partial charge is 0.335 e. The molecule has 5 nitrogen and oxygen atoms in total. The minimum Gasteiger partial charge on any atom is -0.263 e. The average Bonchev–Trinajstić information content (AvgIpc) is 2.81. The first kappa shape index (κ1) is 18.2. The molecule has 30 heavy (non-hydrogen) atoms. The fourth-order valence-electron chi connectivity index (χ4n) is 11.1. The Bertz CT molecular complexity index is 834. The monoisotopic (exact) mass is 410 g/mol. The summed E-state index contributed by atoms with van der Waals surface area (Å²) in [5.74, 6) is 1.98. The molecule has 8 saturated carbocycles. The molecule has 0 aromatic heterocycles. The van der Waals surface area contributed by atoms with E-state index in [9.17, 15) is 14.4 Å². The highest BCUT2D eigenvalue weighted by atomic mass is 16.2. The Morgan fingerprint density at radius 3 is 1.80 bits per heavy atom. The summed E-state index contributed by atoms with van der Waals surface area (Å²) in [7, 11) is 0. The van der Waals surface area contributed by atoms with Crippen molar-refractivity contribution in [1.82, 2.24) is 9.80 Å². The molecular formula is C25H34N2O3. The van der Waals surface area contributed by atoms with E-state index in [1.807, 2.05) is 0 Å². The van der Waals surface area contributed by atoms with Crippen molar-refractivity contribution in [1.29, 1.82) is 0 Å². The highest BCUT2D eigenvalue weighted by Crippen LogP contribution is 2.68. The van der Waals surface area contributed by atoms with Crippen LogP contribution in [0.5, 0.6) is 0 Å². The third-order valence-corrected chi connectivity index (χ3v) is 10.5. The lowest BCUT2D eigenvalue weighted by Crippen LogP contribution is -2.67. The number of nitrogens with zero attached hydrogens (tertiary/aromatic N) is 2. The molecule has 2 unspecified atom stereocenters. The van der Waals surface area contributed by atoms with Crippen LogP contribution in [0, 0.1) is 40.4 Å². The molecule has 0 aromatic carbocycles. The summed E-state index contributed by atoms with van der Waals surface area (Å²) in [6.07, 6.45) is 12.3. The van der Waals surface area contributed by atoms with Gasteiger partial charge in [0.2, 0.25) is 0 Å². The molecule has 8 aliphatic carbocycles. The van der Waals surface area contributed by atoms with Crippen LogP contribution in [0.4, 0.5) is 4.79 Å². The van der Waals surface area contributed by atoms with Crippen molar-refractivity contribution >= 4 is 17.8 Å². The quantitative estimate of drug-likeness (QED) is 0.502. The molecule has 9 aliphatic rings. The maximum atomic E-state index is 13.9. The number of carbonyl (C=O) groups is 3. The van der Waals surface area contributed by atoms with Gasteiger partial charge in [-0.1, -0.05) is 13.8 Å². The Hall–Kier alpha value is -1.39. The molecule has 8 bridgehead atoms. The van der Waals surface area contributed by atoms with Gasteiger partial charge in [0, 0.05) is 6.04 Å². The van der Waals surface area contributed by atoms with Gasteiger partial charge in [0.15, 0.2) is 0 Å². The van der Waals surface area contributed by atoms with Crippen LogP contribution in [0.15, 0.2) is 0 Å². The molecule has 162 valence electrons. The number of amides is 4. The molecule has 0 N–H and O–H groups in total. The summed E-state index contributed by atoms with van der Waals surface area (Å²) in [4.78, 5) is 43.6. The molecule has 4 amide bonds. The van der Waals surface area contributed by atoms with Crippen molar-refractivity contribution < 1.29 is 14.4 Å². The van der Waals surface area contributed by atoms with Crippen molar-refractivity contribution in [3.63, 3.8) is 0 Å². The Morgan fingerprint density at radius 1 is 0.700 bits per heavy atom. The minimum absolute atomic E-state index is 0.0214. The van der Waals surface area contributed by atoms with Gasteiger partial charge in [0.25, 0.3) is 0 Å². The SMILES string of the molecule is CC12CC3CC(C)(C1)CC(N1C(=O)C(=O)N(C4C5CC6CC(C5)CC4C6)C1=O)(C3)C2. The van der Waals surface area contributed by atoms with E-state index in [1.165, 1.54) is 35.5 Å². The highest BCUT2D eigenvalue weighted by Gasteiger charge is 2.67. The lowest BCUT2D eigenvalue weighted by Gasteiger charge is -2.66. The van der Waals surface area contributed by atoms with Crippen LogP contribution < -0.4 is 0 Å². The van der Waals surface area contributed by atoms with E-state index in [0.29, 0.717) is 17.8 Å². The first-order chi connectivity index (χ1) is 14.2. The molecule has 0 radical (unpaired) electrons. The van der Waals surface area contributed by atoms with E-state index < -0.39 is 17.4 Å². The Kier molecular flexibility index (Phi) is 3.23. The molecule has 5 heteroatoms. The van der Waals surface area contributed by atoms with Gasteiger partial charge < -0.3 is 0 Å². The lowest BCUT2D eigenvalue weighted by atomic mass is 9.42. The maximum Gasteiger partial charge on any atom is 0.335 e. The van der Waals surface area contributed by atoms with E-state index in [4.69, 9.17) is 0 Å². The number of hydrogen-bond acceptors (Lipinski definition) is 3. The van der Waals surface area contributed by atoms with E-state index in [2.05, 4.69) is 13.8 Å². The number of carbonyl (C=O) groups excluding carboxylic acids is 3. The lowest BCUT2D eigenvalue weighted by molar-refractivity contribution is -0.165. The van der Waals surface area contributed by atoms with Crippen molar-refractivity contribution in [2.24, 2.45) is 40.4 Å². The highest BCUT2D eigenvalue weighted by molar-refractivity contribution is 6.45. The number of hydrogen-bond donors (Lipinski definition) is 0. The summed E-state index contributed by atoms with van der Waals surface area (Å²) < 4.78 is 0. The average molecular weight is 411 g/mol. The number of imide groups is 2. The summed E-state index contributed by atoms with van der Waals surface area (Å²) >= 11 is 0. The maximum absolute atomic E-state index is 13.9. The third kappa shape index (κ3) is 2.17. The number of urea groups is 1. The van der Waals surface area contributed by atoms with Crippen molar-refractivity contribution in [2.75, 3.05) is 0 Å². The van der Waals surface area contributed by atoms with Gasteiger partial charge in [-0.3, -0.25) is 14.5 Å². The zero-order valence-electron chi connectivity index (χ0n) is 18.4. The van der Waals surface area contributed by atoms with Crippen LogP contribution in [0.25, 0.3) is 0 Å². The van der Waals surface area contributed by atoms with Gasteiger partial charge in [-0.2, -0.15) is 0 Å². The fraction of sp³-hybridized carbons (Fsp3) is 0.880. The van der Waals surface area contributed by atoms with Crippen LogP contribution in [-0.4, -0.2) is 39.2 Å². The van der Waals surface area contributed by atoms with E-state index >= 15 is 0 Å². The second kappa shape index (κ2) is 5.32. The van der Waals surface area contributed by atoms with Crippen LogP contribution >= 0.6 is 0 Å². The molecular weight excluding hydrogens is 376 g/mol. The van der Waals surface area contributed by atoms with E-state index in [1.54, 1.807) is 0 Å². The Morgan fingerprint density at radius 2 is 1.27 bits per heavy atom. The minimum atomic E-state index is -0.511. The van der Waals surface area contributed by atoms with Gasteiger partial charge in [-0.05, 0) is 111 Å². The van der Waals surface area contributed by atoms with Crippen LogP contribution in [0.2, 0.25) is 0 Å². The molecule has 0 aromatic rings. The predicted octanol–water partition coefficient (Wildman–Crippen LogP) is 4.35. The summed E-state index contributed by atoms with van der Waals surface area (Å²) in [6, 6.07) is -0.275. The second-order valence-corrected chi connectivity index (χ2v) is 13.4. The third-order valence-electron chi connectivity index (χ3n) is 10.5. The topological polar surface area (TPSA) is 57.7 Å². The summed E-state index contributed by atoms with van der Waals surface area (Å²) in [5, 5.41) is 0. The van der Waals surface area contributed by atoms with Gasteiger partial charge >= 0.3 is 17.8 Å². The molecule has 1 heterocycles. The smallest absolute Gasteiger partial charge is 0.263 e. The van der Waals surface area contributed by atoms with E-state index in [-0.39, 0.29) is 22.9 Å². The van der Waals surface area contributed by atoms with Gasteiger partial charge in [-0.25, -0.2) is 9.69 Å². The normalized spacial score (nSPS) is 56.0.